The quantitative estimate of drug-likeness (QED) is 0.875. The number of rotatable bonds is 6. The fourth-order valence-corrected chi connectivity index (χ4v) is 2.68. The molecule has 104 valence electrons. The third-order valence-electron chi connectivity index (χ3n) is 3.43. The van der Waals surface area contributed by atoms with Crippen molar-refractivity contribution >= 4 is 15.9 Å². The minimum Gasteiger partial charge on any atom is -0.330 e. The van der Waals surface area contributed by atoms with Gasteiger partial charge in [0.2, 0.25) is 0 Å². The molecular weight excluding hydrogens is 297 g/mol. The molecule has 0 aliphatic carbocycles. The first kappa shape index (κ1) is 15.6. The van der Waals surface area contributed by atoms with Crippen LogP contribution in [0.15, 0.2) is 4.47 Å². The first-order chi connectivity index (χ1) is 8.42. The van der Waals surface area contributed by atoms with E-state index in [9.17, 15) is 4.39 Å². The van der Waals surface area contributed by atoms with Gasteiger partial charge in [0.15, 0.2) is 0 Å². The summed E-state index contributed by atoms with van der Waals surface area (Å²) in [5.41, 5.74) is 7.51. The molecule has 1 rings (SSSR count). The van der Waals surface area contributed by atoms with Crippen LogP contribution in [0.1, 0.15) is 32.2 Å². The van der Waals surface area contributed by atoms with Crippen LogP contribution in [0, 0.1) is 18.8 Å². The van der Waals surface area contributed by atoms with E-state index >= 15 is 0 Å². The standard InChI is InChI=1S/C13H23BrFN3/c1-5-18-12(13(14)9(4)17-18)6-11(15)10(7-16)8(2)3/h8,10-11H,5-7,16H2,1-4H3. The zero-order valence-corrected chi connectivity index (χ0v) is 13.2. The molecule has 0 aliphatic rings. The zero-order chi connectivity index (χ0) is 13.9. The molecule has 5 heteroatoms. The highest BCUT2D eigenvalue weighted by molar-refractivity contribution is 9.10. The Labute approximate surface area is 117 Å². The van der Waals surface area contributed by atoms with Crippen molar-refractivity contribution in [3.63, 3.8) is 0 Å². The van der Waals surface area contributed by atoms with Gasteiger partial charge in [-0.05, 0) is 42.2 Å². The molecule has 18 heavy (non-hydrogen) atoms. The molecule has 0 amide bonds. The molecule has 2 unspecified atom stereocenters. The van der Waals surface area contributed by atoms with Crippen molar-refractivity contribution in [2.45, 2.75) is 46.8 Å². The molecule has 0 saturated carbocycles. The summed E-state index contributed by atoms with van der Waals surface area (Å²) in [6, 6.07) is 0. The predicted octanol–water partition coefficient (Wildman–Crippen LogP) is 3.09. The largest absolute Gasteiger partial charge is 0.330 e. The van der Waals surface area contributed by atoms with Crippen LogP contribution in [0.5, 0.6) is 0 Å². The normalized spacial score (nSPS) is 15.1. The Morgan fingerprint density at radius 3 is 2.50 bits per heavy atom. The molecule has 1 aromatic rings. The van der Waals surface area contributed by atoms with Crippen molar-refractivity contribution in [2.75, 3.05) is 6.54 Å². The summed E-state index contributed by atoms with van der Waals surface area (Å²) in [7, 11) is 0. The molecule has 2 atom stereocenters. The molecule has 0 bridgehead atoms. The van der Waals surface area contributed by atoms with E-state index in [2.05, 4.69) is 21.0 Å². The second-order valence-corrected chi connectivity index (χ2v) is 5.82. The number of hydrogen-bond donors (Lipinski definition) is 1. The molecule has 0 saturated heterocycles. The average molecular weight is 320 g/mol. The lowest BCUT2D eigenvalue weighted by Gasteiger charge is -2.23. The fraction of sp³-hybridized carbons (Fsp3) is 0.769. The van der Waals surface area contributed by atoms with Crippen molar-refractivity contribution in [3.8, 4) is 0 Å². The fourth-order valence-electron chi connectivity index (χ4n) is 2.24. The van der Waals surface area contributed by atoms with Gasteiger partial charge in [-0.3, -0.25) is 4.68 Å². The van der Waals surface area contributed by atoms with Crippen molar-refractivity contribution < 1.29 is 4.39 Å². The second-order valence-electron chi connectivity index (χ2n) is 5.03. The summed E-state index contributed by atoms with van der Waals surface area (Å²) in [6.45, 7) is 9.11. The van der Waals surface area contributed by atoms with E-state index in [-0.39, 0.29) is 11.8 Å². The van der Waals surface area contributed by atoms with Crippen LogP contribution >= 0.6 is 15.9 Å². The lowest BCUT2D eigenvalue weighted by molar-refractivity contribution is 0.182. The van der Waals surface area contributed by atoms with Crippen LogP contribution in [0.3, 0.4) is 0 Å². The van der Waals surface area contributed by atoms with Gasteiger partial charge in [-0.1, -0.05) is 13.8 Å². The van der Waals surface area contributed by atoms with Gasteiger partial charge in [0.05, 0.1) is 15.9 Å². The molecule has 0 radical (unpaired) electrons. The number of aryl methyl sites for hydroxylation is 2. The van der Waals surface area contributed by atoms with E-state index in [1.54, 1.807) is 0 Å². The van der Waals surface area contributed by atoms with Crippen LogP contribution in [0.2, 0.25) is 0 Å². The Morgan fingerprint density at radius 2 is 2.06 bits per heavy atom. The Bertz CT molecular complexity index is 390. The Hall–Kier alpha value is -0.420. The maximum atomic E-state index is 14.4. The monoisotopic (exact) mass is 319 g/mol. The Morgan fingerprint density at radius 1 is 1.44 bits per heavy atom. The first-order valence-corrected chi connectivity index (χ1v) is 7.27. The lowest BCUT2D eigenvalue weighted by atomic mass is 9.89. The van der Waals surface area contributed by atoms with E-state index in [1.807, 2.05) is 32.4 Å². The molecule has 0 aromatic carbocycles. The summed E-state index contributed by atoms with van der Waals surface area (Å²) < 4.78 is 17.2. The number of nitrogens with zero attached hydrogens (tertiary/aromatic N) is 2. The molecular formula is C13H23BrFN3. The minimum absolute atomic E-state index is 0.0996. The predicted molar refractivity (Wildman–Crippen MR) is 76.3 cm³/mol. The summed E-state index contributed by atoms with van der Waals surface area (Å²) in [4.78, 5) is 0. The van der Waals surface area contributed by atoms with Crippen molar-refractivity contribution in [1.29, 1.82) is 0 Å². The molecule has 0 spiro atoms. The van der Waals surface area contributed by atoms with Crippen LogP contribution in [-0.2, 0) is 13.0 Å². The van der Waals surface area contributed by atoms with Gasteiger partial charge < -0.3 is 5.73 Å². The van der Waals surface area contributed by atoms with Crippen molar-refractivity contribution in [2.24, 2.45) is 17.6 Å². The Kier molecular flexibility index (Phi) is 5.79. The molecule has 0 aliphatic heterocycles. The topological polar surface area (TPSA) is 43.8 Å². The van der Waals surface area contributed by atoms with Gasteiger partial charge in [0, 0.05) is 18.9 Å². The maximum Gasteiger partial charge on any atom is 0.110 e. The highest BCUT2D eigenvalue weighted by Gasteiger charge is 2.26. The van der Waals surface area contributed by atoms with E-state index in [0.717, 1.165) is 22.4 Å². The molecule has 1 heterocycles. The molecule has 2 N–H and O–H groups in total. The number of nitrogens with two attached hydrogens (primary N) is 1. The summed E-state index contributed by atoms with van der Waals surface area (Å²) in [5.74, 6) is 0.153. The van der Waals surface area contributed by atoms with E-state index in [0.29, 0.717) is 13.0 Å². The molecule has 0 fully saturated rings. The van der Waals surface area contributed by atoms with E-state index in [1.165, 1.54) is 0 Å². The zero-order valence-electron chi connectivity index (χ0n) is 11.6. The van der Waals surface area contributed by atoms with Crippen molar-refractivity contribution in [3.05, 3.63) is 15.9 Å². The van der Waals surface area contributed by atoms with Gasteiger partial charge >= 0.3 is 0 Å². The summed E-state index contributed by atoms with van der Waals surface area (Å²) in [5, 5.41) is 4.38. The highest BCUT2D eigenvalue weighted by atomic mass is 79.9. The molecule has 3 nitrogen and oxygen atoms in total. The number of halogens is 2. The van der Waals surface area contributed by atoms with Gasteiger partial charge in [0.1, 0.15) is 6.17 Å². The molecule has 1 aromatic heterocycles. The Balaban J connectivity index is 2.90. The van der Waals surface area contributed by atoms with Crippen LogP contribution < -0.4 is 5.73 Å². The third-order valence-corrected chi connectivity index (χ3v) is 4.47. The maximum absolute atomic E-state index is 14.4. The average Bonchev–Trinajstić information content (AvgIpc) is 2.57. The summed E-state index contributed by atoms with van der Waals surface area (Å²) >= 11 is 3.50. The number of hydrogen-bond acceptors (Lipinski definition) is 2. The lowest BCUT2D eigenvalue weighted by Crippen LogP contribution is -2.31. The van der Waals surface area contributed by atoms with Gasteiger partial charge in [-0.25, -0.2) is 4.39 Å². The summed E-state index contributed by atoms with van der Waals surface area (Å²) in [6.07, 6.45) is -0.553. The van der Waals surface area contributed by atoms with Gasteiger partial charge in [0.25, 0.3) is 0 Å². The van der Waals surface area contributed by atoms with E-state index in [4.69, 9.17) is 5.73 Å². The minimum atomic E-state index is -0.923. The number of alkyl halides is 1. The first-order valence-electron chi connectivity index (χ1n) is 6.48. The smallest absolute Gasteiger partial charge is 0.110 e. The SMILES string of the molecule is CCn1nc(C)c(Br)c1CC(F)C(CN)C(C)C. The van der Waals surface area contributed by atoms with Crippen LogP contribution in [-0.4, -0.2) is 22.5 Å². The third kappa shape index (κ3) is 3.32. The van der Waals surface area contributed by atoms with E-state index < -0.39 is 6.17 Å². The van der Waals surface area contributed by atoms with Gasteiger partial charge in [-0.15, -0.1) is 0 Å². The van der Waals surface area contributed by atoms with Gasteiger partial charge in [-0.2, -0.15) is 5.10 Å². The number of aromatic nitrogens is 2. The second kappa shape index (κ2) is 6.66. The van der Waals surface area contributed by atoms with Crippen molar-refractivity contribution in [1.82, 2.24) is 9.78 Å². The van der Waals surface area contributed by atoms with Crippen LogP contribution in [0.4, 0.5) is 4.39 Å². The highest BCUT2D eigenvalue weighted by Crippen LogP contribution is 2.26. The van der Waals surface area contributed by atoms with Crippen LogP contribution in [0.25, 0.3) is 0 Å².